The first-order valence-electron chi connectivity index (χ1n) is 7.49. The molecule has 1 amide bonds. The van der Waals surface area contributed by atoms with Crippen LogP contribution in [0.15, 0.2) is 54.6 Å². The van der Waals surface area contributed by atoms with Crippen LogP contribution >= 0.6 is 12.4 Å². The summed E-state index contributed by atoms with van der Waals surface area (Å²) in [6.07, 6.45) is 2.75. The number of amides is 1. The van der Waals surface area contributed by atoms with Gasteiger partial charge in [0.05, 0.1) is 0 Å². The summed E-state index contributed by atoms with van der Waals surface area (Å²) in [5.41, 5.74) is 3.63. The van der Waals surface area contributed by atoms with Crippen LogP contribution in [0.2, 0.25) is 0 Å². The maximum absolute atomic E-state index is 12.2. The summed E-state index contributed by atoms with van der Waals surface area (Å²) in [7, 11) is 0. The molecule has 2 aromatic carbocycles. The van der Waals surface area contributed by atoms with Crippen molar-refractivity contribution in [2.24, 2.45) is 0 Å². The van der Waals surface area contributed by atoms with E-state index in [1.54, 1.807) is 0 Å². The molecule has 1 heterocycles. The second-order valence-corrected chi connectivity index (χ2v) is 5.44. The van der Waals surface area contributed by atoms with Crippen LogP contribution in [-0.4, -0.2) is 18.5 Å². The molecule has 0 spiro atoms. The Hall–Kier alpha value is -2.00. The molecular weight excluding hydrogens is 296 g/mol. The SMILES string of the molecule is Cl.O=C(NCCCc1ccccc1)[C@@H]1Cc2ccccc2N1. The van der Waals surface area contributed by atoms with Crippen molar-refractivity contribution < 1.29 is 4.79 Å². The number of anilines is 1. The van der Waals surface area contributed by atoms with E-state index in [4.69, 9.17) is 0 Å². The van der Waals surface area contributed by atoms with E-state index >= 15 is 0 Å². The van der Waals surface area contributed by atoms with Crippen LogP contribution in [-0.2, 0) is 17.6 Å². The molecule has 0 unspecified atom stereocenters. The van der Waals surface area contributed by atoms with Crippen molar-refractivity contribution in [1.82, 2.24) is 5.32 Å². The normalized spacial score (nSPS) is 15.4. The van der Waals surface area contributed by atoms with Crippen LogP contribution in [0.25, 0.3) is 0 Å². The van der Waals surface area contributed by atoms with Gasteiger partial charge in [-0.25, -0.2) is 0 Å². The molecule has 0 aliphatic carbocycles. The van der Waals surface area contributed by atoms with Crippen LogP contribution in [0.1, 0.15) is 17.5 Å². The lowest BCUT2D eigenvalue weighted by Crippen LogP contribution is -2.38. The summed E-state index contributed by atoms with van der Waals surface area (Å²) < 4.78 is 0. The number of halogens is 1. The lowest BCUT2D eigenvalue weighted by molar-refractivity contribution is -0.121. The molecule has 4 heteroatoms. The van der Waals surface area contributed by atoms with Gasteiger partial charge in [0.15, 0.2) is 0 Å². The summed E-state index contributed by atoms with van der Waals surface area (Å²) in [6.45, 7) is 0.724. The number of para-hydroxylation sites is 1. The minimum Gasteiger partial charge on any atom is -0.373 e. The highest BCUT2D eigenvalue weighted by Gasteiger charge is 2.25. The Morgan fingerprint density at radius 3 is 2.59 bits per heavy atom. The molecule has 0 bridgehead atoms. The number of carbonyl (C=O) groups is 1. The van der Waals surface area contributed by atoms with Crippen LogP contribution < -0.4 is 10.6 Å². The van der Waals surface area contributed by atoms with Gasteiger partial charge in [-0.1, -0.05) is 48.5 Å². The van der Waals surface area contributed by atoms with E-state index in [0.717, 1.165) is 31.5 Å². The average Bonchev–Trinajstić information content (AvgIpc) is 2.96. The van der Waals surface area contributed by atoms with Gasteiger partial charge in [0.25, 0.3) is 0 Å². The third kappa shape index (κ3) is 4.01. The summed E-state index contributed by atoms with van der Waals surface area (Å²) in [5, 5.41) is 6.31. The van der Waals surface area contributed by atoms with Crippen molar-refractivity contribution in [2.45, 2.75) is 25.3 Å². The molecule has 22 heavy (non-hydrogen) atoms. The molecule has 0 saturated carbocycles. The van der Waals surface area contributed by atoms with Crippen molar-refractivity contribution in [3.63, 3.8) is 0 Å². The zero-order chi connectivity index (χ0) is 14.5. The molecule has 2 aromatic rings. The monoisotopic (exact) mass is 316 g/mol. The van der Waals surface area contributed by atoms with Crippen molar-refractivity contribution in [3.8, 4) is 0 Å². The standard InChI is InChI=1S/C18H20N2O.ClH/c21-18(17-13-15-10-4-5-11-16(15)20-17)19-12-6-9-14-7-2-1-3-8-14;/h1-5,7-8,10-11,17,20H,6,9,12-13H2,(H,19,21);1H/t17-;/m0./s1. The van der Waals surface area contributed by atoms with Gasteiger partial charge in [0, 0.05) is 18.7 Å². The quantitative estimate of drug-likeness (QED) is 0.832. The number of fused-ring (bicyclic) bond motifs is 1. The predicted molar refractivity (Wildman–Crippen MR) is 92.6 cm³/mol. The Kier molecular flexibility index (Phi) is 5.84. The van der Waals surface area contributed by atoms with Crippen LogP contribution in [0.3, 0.4) is 0 Å². The number of carbonyl (C=O) groups excluding carboxylic acids is 1. The van der Waals surface area contributed by atoms with E-state index in [2.05, 4.69) is 28.8 Å². The van der Waals surface area contributed by atoms with Crippen LogP contribution in [0.5, 0.6) is 0 Å². The molecule has 0 aromatic heterocycles. The molecule has 1 aliphatic rings. The lowest BCUT2D eigenvalue weighted by atomic mass is 10.1. The second-order valence-electron chi connectivity index (χ2n) is 5.44. The Bertz CT molecular complexity index is 590. The van der Waals surface area contributed by atoms with E-state index in [9.17, 15) is 4.79 Å². The maximum Gasteiger partial charge on any atom is 0.242 e. The van der Waals surface area contributed by atoms with E-state index < -0.39 is 0 Å². The molecule has 0 fully saturated rings. The molecule has 1 atom stereocenters. The number of benzene rings is 2. The van der Waals surface area contributed by atoms with Gasteiger partial charge in [0.2, 0.25) is 5.91 Å². The molecule has 3 rings (SSSR count). The summed E-state index contributed by atoms with van der Waals surface area (Å²) in [5.74, 6) is 0.0965. The number of nitrogens with one attached hydrogen (secondary N) is 2. The number of rotatable bonds is 5. The van der Waals surface area contributed by atoms with E-state index in [1.165, 1.54) is 11.1 Å². The topological polar surface area (TPSA) is 41.1 Å². The van der Waals surface area contributed by atoms with Gasteiger partial charge in [-0.2, -0.15) is 0 Å². The number of hydrogen-bond acceptors (Lipinski definition) is 2. The predicted octanol–water partition coefficient (Wildman–Crippen LogP) is 3.19. The van der Waals surface area contributed by atoms with E-state index in [-0.39, 0.29) is 24.4 Å². The fourth-order valence-corrected chi connectivity index (χ4v) is 2.73. The van der Waals surface area contributed by atoms with E-state index in [0.29, 0.717) is 0 Å². The minimum absolute atomic E-state index is 0. The van der Waals surface area contributed by atoms with Crippen molar-refractivity contribution in [3.05, 3.63) is 65.7 Å². The molecular formula is C18H21ClN2O. The molecule has 3 nitrogen and oxygen atoms in total. The highest BCUT2D eigenvalue weighted by atomic mass is 35.5. The summed E-state index contributed by atoms with van der Waals surface area (Å²) >= 11 is 0. The summed E-state index contributed by atoms with van der Waals surface area (Å²) in [6, 6.07) is 18.3. The highest BCUT2D eigenvalue weighted by Crippen LogP contribution is 2.24. The minimum atomic E-state index is -0.126. The van der Waals surface area contributed by atoms with Crippen molar-refractivity contribution >= 4 is 24.0 Å². The number of hydrogen-bond donors (Lipinski definition) is 2. The Morgan fingerprint density at radius 1 is 1.09 bits per heavy atom. The van der Waals surface area contributed by atoms with Gasteiger partial charge < -0.3 is 10.6 Å². The highest BCUT2D eigenvalue weighted by molar-refractivity contribution is 5.87. The molecule has 2 N–H and O–H groups in total. The van der Waals surface area contributed by atoms with Crippen LogP contribution in [0, 0.1) is 0 Å². The van der Waals surface area contributed by atoms with Crippen molar-refractivity contribution in [2.75, 3.05) is 11.9 Å². The first-order valence-corrected chi connectivity index (χ1v) is 7.49. The van der Waals surface area contributed by atoms with Gasteiger partial charge in [-0.15, -0.1) is 12.4 Å². The third-order valence-corrected chi connectivity index (χ3v) is 3.87. The summed E-state index contributed by atoms with van der Waals surface area (Å²) in [4.78, 5) is 12.2. The largest absolute Gasteiger partial charge is 0.373 e. The van der Waals surface area contributed by atoms with Gasteiger partial charge in [0.1, 0.15) is 6.04 Å². The zero-order valence-corrected chi connectivity index (χ0v) is 13.2. The lowest BCUT2D eigenvalue weighted by Gasteiger charge is -2.12. The fourth-order valence-electron chi connectivity index (χ4n) is 2.73. The maximum atomic E-state index is 12.2. The first-order chi connectivity index (χ1) is 10.3. The smallest absolute Gasteiger partial charge is 0.242 e. The average molecular weight is 317 g/mol. The van der Waals surface area contributed by atoms with Crippen LogP contribution in [0.4, 0.5) is 5.69 Å². The van der Waals surface area contributed by atoms with Gasteiger partial charge in [-0.05, 0) is 30.0 Å². The van der Waals surface area contributed by atoms with Crippen molar-refractivity contribution in [1.29, 1.82) is 0 Å². The number of aryl methyl sites for hydroxylation is 1. The first kappa shape index (κ1) is 16.4. The fraction of sp³-hybridized carbons (Fsp3) is 0.278. The van der Waals surface area contributed by atoms with Gasteiger partial charge >= 0.3 is 0 Å². The Morgan fingerprint density at radius 2 is 1.82 bits per heavy atom. The molecule has 0 radical (unpaired) electrons. The van der Waals surface area contributed by atoms with E-state index in [1.807, 2.05) is 36.4 Å². The molecule has 0 saturated heterocycles. The zero-order valence-electron chi connectivity index (χ0n) is 12.4. The molecule has 116 valence electrons. The Balaban J connectivity index is 0.00000176. The van der Waals surface area contributed by atoms with Gasteiger partial charge in [-0.3, -0.25) is 4.79 Å². The Labute approximate surface area is 137 Å². The second kappa shape index (κ2) is 7.85. The third-order valence-electron chi connectivity index (χ3n) is 3.87. The molecule has 1 aliphatic heterocycles.